The summed E-state index contributed by atoms with van der Waals surface area (Å²) in [6.45, 7) is 4.22. The van der Waals surface area contributed by atoms with E-state index in [0.717, 1.165) is 17.8 Å². The minimum atomic E-state index is -0.701. The van der Waals surface area contributed by atoms with Crippen molar-refractivity contribution in [3.8, 4) is 0 Å². The van der Waals surface area contributed by atoms with Crippen molar-refractivity contribution < 1.29 is 23.9 Å². The predicted octanol–water partition coefficient (Wildman–Crippen LogP) is 3.25. The van der Waals surface area contributed by atoms with Gasteiger partial charge in [0, 0.05) is 31.7 Å². The average molecular weight is 408 g/mol. The first-order chi connectivity index (χ1) is 13.2. The number of amides is 1. The molecule has 5 aliphatic rings. The summed E-state index contributed by atoms with van der Waals surface area (Å²) in [5.74, 6) is 1.37. The fraction of sp³-hybridized carbons (Fsp3) is 0.762. The standard InChI is InChI=1S/C21H29NO5S/c1-12(23)22-5-4-18(26-13(2)24)19(27-14(3)25)20(22)28-21-9-15-6-16(10-21)8-17(7-15)11-21/h4-5,15-20H,6-11H2,1-3H3/t15?,16?,17?,18-,19+,20-,21?/m0/s1. The molecule has 28 heavy (non-hydrogen) atoms. The quantitative estimate of drug-likeness (QED) is 0.666. The van der Waals surface area contributed by atoms with E-state index in [1.165, 1.54) is 59.3 Å². The number of rotatable bonds is 4. The summed E-state index contributed by atoms with van der Waals surface area (Å²) >= 11 is 1.78. The predicted molar refractivity (Wildman–Crippen MR) is 105 cm³/mol. The average Bonchev–Trinajstić information content (AvgIpc) is 2.55. The molecule has 0 aromatic carbocycles. The molecule has 1 amide bonds. The minimum Gasteiger partial charge on any atom is -0.455 e. The second kappa shape index (κ2) is 7.39. The van der Waals surface area contributed by atoms with Crippen molar-refractivity contribution in [2.45, 2.75) is 81.6 Å². The SMILES string of the molecule is CC(=O)O[C@@H]1[C@@H](OC(C)=O)C=CN(C(C)=O)[C@H]1SC12CC3CC(CC(C3)C1)C2. The molecule has 0 spiro atoms. The molecule has 4 bridgehead atoms. The Labute approximate surface area is 170 Å². The van der Waals surface area contributed by atoms with Crippen LogP contribution in [0.4, 0.5) is 0 Å². The third-order valence-electron chi connectivity index (χ3n) is 6.64. The molecule has 4 fully saturated rings. The van der Waals surface area contributed by atoms with Crippen molar-refractivity contribution in [2.24, 2.45) is 17.8 Å². The fourth-order valence-electron chi connectivity index (χ4n) is 6.15. The topological polar surface area (TPSA) is 72.9 Å². The number of hydrogen-bond donors (Lipinski definition) is 0. The Morgan fingerprint density at radius 3 is 1.93 bits per heavy atom. The van der Waals surface area contributed by atoms with E-state index in [2.05, 4.69) is 0 Å². The van der Waals surface area contributed by atoms with Gasteiger partial charge < -0.3 is 14.4 Å². The molecule has 4 saturated carbocycles. The smallest absolute Gasteiger partial charge is 0.303 e. The Morgan fingerprint density at radius 1 is 0.929 bits per heavy atom. The molecule has 0 unspecified atom stereocenters. The Morgan fingerprint density at radius 2 is 1.46 bits per heavy atom. The summed E-state index contributed by atoms with van der Waals surface area (Å²) in [4.78, 5) is 37.4. The lowest BCUT2D eigenvalue weighted by atomic mass is 9.56. The van der Waals surface area contributed by atoms with Crippen LogP contribution in [0.5, 0.6) is 0 Å². The molecule has 5 rings (SSSR count). The normalized spacial score (nSPS) is 41.0. The molecule has 6 nitrogen and oxygen atoms in total. The van der Waals surface area contributed by atoms with Gasteiger partial charge in [-0.3, -0.25) is 14.4 Å². The summed E-state index contributed by atoms with van der Waals surface area (Å²) in [6.07, 6.45) is 9.47. The number of carbonyl (C=O) groups excluding carboxylic acids is 3. The van der Waals surface area contributed by atoms with Gasteiger partial charge in [-0.05, 0) is 62.4 Å². The van der Waals surface area contributed by atoms with Crippen LogP contribution in [0.25, 0.3) is 0 Å². The van der Waals surface area contributed by atoms with Crippen LogP contribution < -0.4 is 0 Å². The lowest BCUT2D eigenvalue weighted by Crippen LogP contribution is -2.56. The zero-order valence-corrected chi connectivity index (χ0v) is 17.6. The lowest BCUT2D eigenvalue weighted by molar-refractivity contribution is -0.165. The van der Waals surface area contributed by atoms with Gasteiger partial charge in [-0.25, -0.2) is 0 Å². The van der Waals surface area contributed by atoms with Crippen molar-refractivity contribution >= 4 is 29.6 Å². The Balaban J connectivity index is 1.63. The zero-order valence-electron chi connectivity index (χ0n) is 16.8. The molecule has 0 aromatic rings. The van der Waals surface area contributed by atoms with Gasteiger partial charge in [-0.2, -0.15) is 0 Å². The first-order valence-electron chi connectivity index (χ1n) is 10.2. The van der Waals surface area contributed by atoms with Crippen molar-refractivity contribution in [3.63, 3.8) is 0 Å². The van der Waals surface area contributed by atoms with Gasteiger partial charge in [-0.1, -0.05) is 0 Å². The molecule has 1 heterocycles. The van der Waals surface area contributed by atoms with Gasteiger partial charge in [0.15, 0.2) is 12.2 Å². The Bertz CT molecular complexity index is 670. The highest BCUT2D eigenvalue weighted by Gasteiger charge is 2.54. The van der Waals surface area contributed by atoms with Crippen molar-refractivity contribution in [2.75, 3.05) is 0 Å². The molecule has 1 aliphatic heterocycles. The first kappa shape index (κ1) is 19.8. The summed E-state index contributed by atoms with van der Waals surface area (Å²) in [6, 6.07) is 0. The van der Waals surface area contributed by atoms with Crippen LogP contribution in [0, 0.1) is 17.8 Å². The van der Waals surface area contributed by atoms with Gasteiger partial charge in [-0.15, -0.1) is 11.8 Å². The van der Waals surface area contributed by atoms with E-state index in [1.54, 1.807) is 28.9 Å². The minimum absolute atomic E-state index is 0.100. The van der Waals surface area contributed by atoms with Crippen molar-refractivity contribution in [1.29, 1.82) is 0 Å². The number of carbonyl (C=O) groups is 3. The van der Waals surface area contributed by atoms with Crippen LogP contribution in [0.3, 0.4) is 0 Å². The van der Waals surface area contributed by atoms with Gasteiger partial charge >= 0.3 is 11.9 Å². The first-order valence-corrected chi connectivity index (χ1v) is 11.1. The highest BCUT2D eigenvalue weighted by atomic mass is 32.2. The molecule has 154 valence electrons. The van der Waals surface area contributed by atoms with Crippen molar-refractivity contribution in [3.05, 3.63) is 12.3 Å². The van der Waals surface area contributed by atoms with E-state index < -0.39 is 24.1 Å². The number of esters is 2. The number of nitrogens with zero attached hydrogens (tertiary/aromatic N) is 1. The highest BCUT2D eigenvalue weighted by molar-refractivity contribution is 8.01. The monoisotopic (exact) mass is 407 g/mol. The molecule has 4 aliphatic carbocycles. The molecule has 0 aromatic heterocycles. The fourth-order valence-corrected chi connectivity index (χ4v) is 8.33. The second-order valence-corrected chi connectivity index (χ2v) is 10.6. The van der Waals surface area contributed by atoms with Crippen LogP contribution in [-0.4, -0.2) is 45.1 Å². The largest absolute Gasteiger partial charge is 0.455 e. The summed E-state index contributed by atoms with van der Waals surface area (Å²) < 4.78 is 11.2. The van der Waals surface area contributed by atoms with Gasteiger partial charge in [0.05, 0.1) is 0 Å². The van der Waals surface area contributed by atoms with Gasteiger partial charge in [0.25, 0.3) is 0 Å². The van der Waals surface area contributed by atoms with E-state index in [4.69, 9.17) is 9.47 Å². The van der Waals surface area contributed by atoms with E-state index in [9.17, 15) is 14.4 Å². The molecular formula is C21H29NO5S. The Kier molecular flexibility index (Phi) is 5.23. The van der Waals surface area contributed by atoms with Crippen LogP contribution in [-0.2, 0) is 23.9 Å². The van der Waals surface area contributed by atoms with Gasteiger partial charge in [0.1, 0.15) is 5.37 Å². The number of hydrogen-bond acceptors (Lipinski definition) is 6. The summed E-state index contributed by atoms with van der Waals surface area (Å²) in [7, 11) is 0. The van der Waals surface area contributed by atoms with E-state index >= 15 is 0 Å². The van der Waals surface area contributed by atoms with Crippen LogP contribution in [0.2, 0.25) is 0 Å². The highest BCUT2D eigenvalue weighted by Crippen LogP contribution is 2.62. The molecule has 0 saturated heterocycles. The maximum Gasteiger partial charge on any atom is 0.303 e. The maximum atomic E-state index is 12.4. The molecule has 3 atom stereocenters. The number of thioether (sulfide) groups is 1. The number of ether oxygens (including phenoxy) is 2. The van der Waals surface area contributed by atoms with Crippen LogP contribution in [0.15, 0.2) is 12.3 Å². The van der Waals surface area contributed by atoms with Crippen LogP contribution >= 0.6 is 11.8 Å². The lowest BCUT2D eigenvalue weighted by Gasteiger charge is -2.58. The van der Waals surface area contributed by atoms with E-state index in [1.807, 2.05) is 0 Å². The molecule has 0 N–H and O–H groups in total. The second-order valence-electron chi connectivity index (χ2n) is 9.02. The third kappa shape index (κ3) is 3.82. The van der Waals surface area contributed by atoms with E-state index in [0.29, 0.717) is 0 Å². The molecule has 0 radical (unpaired) electrons. The molecular weight excluding hydrogens is 378 g/mol. The van der Waals surface area contributed by atoms with Crippen molar-refractivity contribution in [1.82, 2.24) is 4.90 Å². The molecule has 7 heteroatoms. The van der Waals surface area contributed by atoms with E-state index in [-0.39, 0.29) is 16.0 Å². The zero-order chi connectivity index (χ0) is 20.1. The summed E-state index contributed by atoms with van der Waals surface area (Å²) in [5, 5.41) is -0.382. The maximum absolute atomic E-state index is 12.4. The van der Waals surface area contributed by atoms with Gasteiger partial charge in [0.2, 0.25) is 5.91 Å². The van der Waals surface area contributed by atoms with Crippen LogP contribution in [0.1, 0.15) is 59.3 Å². The third-order valence-corrected chi connectivity index (χ3v) is 8.37. The summed E-state index contributed by atoms with van der Waals surface area (Å²) in [5.41, 5.74) is 0. The Hall–Kier alpha value is -1.50.